The Balaban J connectivity index is 1.73. The Bertz CT molecular complexity index is 497. The average Bonchev–Trinajstić information content (AvgIpc) is 2.96. The topological polar surface area (TPSA) is 84.9 Å². The van der Waals surface area contributed by atoms with Crippen LogP contribution in [0.3, 0.4) is 0 Å². The van der Waals surface area contributed by atoms with Crippen LogP contribution >= 0.6 is 0 Å². The predicted molar refractivity (Wildman–Crippen MR) is 75.3 cm³/mol. The number of benzene rings is 1. The minimum Gasteiger partial charge on any atom is -0.484 e. The number of carboxylic acid groups (broad SMARTS) is 1. The monoisotopic (exact) mass is 293 g/mol. The maximum atomic E-state index is 11.7. The van der Waals surface area contributed by atoms with Gasteiger partial charge in [0.2, 0.25) is 0 Å². The average molecular weight is 293 g/mol. The van der Waals surface area contributed by atoms with E-state index in [1.165, 1.54) is 0 Å². The zero-order valence-corrected chi connectivity index (χ0v) is 11.7. The van der Waals surface area contributed by atoms with Gasteiger partial charge < -0.3 is 19.9 Å². The number of carboxylic acids is 1. The molecule has 0 radical (unpaired) electrons. The molecule has 1 amide bonds. The summed E-state index contributed by atoms with van der Waals surface area (Å²) in [5, 5.41) is 11.5. The van der Waals surface area contributed by atoms with Crippen molar-refractivity contribution in [2.75, 3.05) is 19.8 Å². The molecule has 1 fully saturated rings. The molecule has 1 saturated heterocycles. The Kier molecular flexibility index (Phi) is 5.57. The van der Waals surface area contributed by atoms with Gasteiger partial charge >= 0.3 is 5.97 Å². The second-order valence-electron chi connectivity index (χ2n) is 4.95. The van der Waals surface area contributed by atoms with Crippen molar-refractivity contribution in [3.63, 3.8) is 0 Å². The first-order valence-electron chi connectivity index (χ1n) is 6.95. The largest absolute Gasteiger partial charge is 0.484 e. The standard InChI is InChI=1S/C15H19NO5/c17-14(16-9-13-5-2-6-20-13)10-21-12-4-1-3-11(7-12)8-15(18)19/h1,3-4,7,13H,2,5-6,8-10H2,(H,16,17)(H,18,19). The van der Waals surface area contributed by atoms with Crippen LogP contribution in [-0.2, 0) is 20.7 Å². The number of amides is 1. The van der Waals surface area contributed by atoms with Crippen molar-refractivity contribution in [2.24, 2.45) is 0 Å². The Morgan fingerprint density at radius 3 is 3.00 bits per heavy atom. The van der Waals surface area contributed by atoms with Crippen molar-refractivity contribution in [3.8, 4) is 5.75 Å². The molecule has 1 aliphatic heterocycles. The molecule has 1 unspecified atom stereocenters. The lowest BCUT2D eigenvalue weighted by molar-refractivity contribution is -0.136. The van der Waals surface area contributed by atoms with Gasteiger partial charge in [-0.25, -0.2) is 0 Å². The van der Waals surface area contributed by atoms with E-state index < -0.39 is 5.97 Å². The summed E-state index contributed by atoms with van der Waals surface area (Å²) >= 11 is 0. The maximum absolute atomic E-state index is 11.7. The number of carbonyl (C=O) groups excluding carboxylic acids is 1. The highest BCUT2D eigenvalue weighted by Crippen LogP contribution is 2.14. The van der Waals surface area contributed by atoms with E-state index in [4.69, 9.17) is 14.6 Å². The molecule has 1 atom stereocenters. The zero-order chi connectivity index (χ0) is 15.1. The van der Waals surface area contributed by atoms with Crippen molar-refractivity contribution < 1.29 is 24.2 Å². The summed E-state index contributed by atoms with van der Waals surface area (Å²) in [6.45, 7) is 1.16. The molecule has 1 heterocycles. The molecule has 0 spiro atoms. The van der Waals surface area contributed by atoms with Gasteiger partial charge in [0.05, 0.1) is 12.5 Å². The first-order chi connectivity index (χ1) is 10.1. The fraction of sp³-hybridized carbons (Fsp3) is 0.467. The Labute approximate surface area is 123 Å². The van der Waals surface area contributed by atoms with Crippen molar-refractivity contribution in [2.45, 2.75) is 25.4 Å². The van der Waals surface area contributed by atoms with E-state index in [0.717, 1.165) is 19.4 Å². The van der Waals surface area contributed by atoms with Gasteiger partial charge in [0.1, 0.15) is 5.75 Å². The van der Waals surface area contributed by atoms with Gasteiger partial charge in [-0.2, -0.15) is 0 Å². The lowest BCUT2D eigenvalue weighted by Gasteiger charge is -2.11. The molecular weight excluding hydrogens is 274 g/mol. The highest BCUT2D eigenvalue weighted by atomic mass is 16.5. The van der Waals surface area contributed by atoms with Crippen molar-refractivity contribution in [1.82, 2.24) is 5.32 Å². The van der Waals surface area contributed by atoms with Crippen LogP contribution in [0.25, 0.3) is 0 Å². The van der Waals surface area contributed by atoms with Gasteiger partial charge in [-0.05, 0) is 30.5 Å². The summed E-state index contributed by atoms with van der Waals surface area (Å²) in [5.41, 5.74) is 0.639. The van der Waals surface area contributed by atoms with Gasteiger partial charge in [-0.15, -0.1) is 0 Å². The molecule has 0 aromatic heterocycles. The Hall–Kier alpha value is -2.08. The van der Waals surface area contributed by atoms with Crippen LogP contribution in [-0.4, -0.2) is 42.8 Å². The summed E-state index contributed by atoms with van der Waals surface area (Å²) in [6.07, 6.45) is 2.04. The first-order valence-corrected chi connectivity index (χ1v) is 6.95. The van der Waals surface area contributed by atoms with E-state index in [0.29, 0.717) is 17.9 Å². The van der Waals surface area contributed by atoms with E-state index in [1.807, 2.05) is 0 Å². The molecule has 114 valence electrons. The highest BCUT2D eigenvalue weighted by molar-refractivity contribution is 5.77. The SMILES string of the molecule is O=C(O)Cc1cccc(OCC(=O)NCC2CCCO2)c1. The fourth-order valence-electron chi connectivity index (χ4n) is 2.15. The third kappa shape index (κ3) is 5.43. The molecular formula is C15H19NO5. The molecule has 0 aliphatic carbocycles. The van der Waals surface area contributed by atoms with Gasteiger partial charge in [0.25, 0.3) is 5.91 Å². The first kappa shape index (κ1) is 15.3. The van der Waals surface area contributed by atoms with Crippen LogP contribution in [0.4, 0.5) is 0 Å². The van der Waals surface area contributed by atoms with Gasteiger partial charge in [-0.1, -0.05) is 12.1 Å². The molecule has 6 heteroatoms. The lowest BCUT2D eigenvalue weighted by Crippen LogP contribution is -2.35. The van der Waals surface area contributed by atoms with Crippen LogP contribution in [0.1, 0.15) is 18.4 Å². The van der Waals surface area contributed by atoms with Crippen LogP contribution in [0.5, 0.6) is 5.75 Å². The normalized spacial score (nSPS) is 17.4. The molecule has 1 aromatic carbocycles. The molecule has 1 aromatic rings. The predicted octanol–water partition coefficient (Wildman–Crippen LogP) is 0.988. The molecule has 6 nitrogen and oxygen atoms in total. The number of carbonyl (C=O) groups is 2. The van der Waals surface area contributed by atoms with Gasteiger partial charge in [0, 0.05) is 13.2 Å². The third-order valence-electron chi connectivity index (χ3n) is 3.17. The summed E-state index contributed by atoms with van der Waals surface area (Å²) in [6, 6.07) is 6.73. The number of aliphatic carboxylic acids is 1. The van der Waals surface area contributed by atoms with E-state index in [-0.39, 0.29) is 25.0 Å². The quantitative estimate of drug-likeness (QED) is 0.783. The number of rotatable bonds is 7. The molecule has 1 aliphatic rings. The van der Waals surface area contributed by atoms with Crippen molar-refractivity contribution in [3.05, 3.63) is 29.8 Å². The van der Waals surface area contributed by atoms with E-state index in [1.54, 1.807) is 24.3 Å². The van der Waals surface area contributed by atoms with Crippen LogP contribution in [0, 0.1) is 0 Å². The second-order valence-corrected chi connectivity index (χ2v) is 4.95. The lowest BCUT2D eigenvalue weighted by atomic mass is 10.1. The number of ether oxygens (including phenoxy) is 2. The highest BCUT2D eigenvalue weighted by Gasteiger charge is 2.16. The fourth-order valence-corrected chi connectivity index (χ4v) is 2.15. The molecule has 21 heavy (non-hydrogen) atoms. The smallest absolute Gasteiger partial charge is 0.307 e. The summed E-state index contributed by atoms with van der Waals surface area (Å²) in [7, 11) is 0. The van der Waals surface area contributed by atoms with Crippen molar-refractivity contribution >= 4 is 11.9 Å². The van der Waals surface area contributed by atoms with E-state index in [9.17, 15) is 9.59 Å². The molecule has 0 bridgehead atoms. The number of hydrogen-bond acceptors (Lipinski definition) is 4. The Morgan fingerprint density at radius 2 is 2.29 bits per heavy atom. The number of nitrogens with one attached hydrogen (secondary N) is 1. The van der Waals surface area contributed by atoms with Gasteiger partial charge in [0.15, 0.2) is 6.61 Å². The van der Waals surface area contributed by atoms with E-state index in [2.05, 4.69) is 5.32 Å². The zero-order valence-electron chi connectivity index (χ0n) is 11.7. The minimum absolute atomic E-state index is 0.0670. The Morgan fingerprint density at radius 1 is 1.43 bits per heavy atom. The van der Waals surface area contributed by atoms with Crippen LogP contribution < -0.4 is 10.1 Å². The number of hydrogen-bond donors (Lipinski definition) is 2. The molecule has 2 N–H and O–H groups in total. The van der Waals surface area contributed by atoms with Crippen LogP contribution in [0.2, 0.25) is 0 Å². The third-order valence-corrected chi connectivity index (χ3v) is 3.17. The summed E-state index contributed by atoms with van der Waals surface area (Å²) < 4.78 is 10.8. The molecule has 2 rings (SSSR count). The molecule has 0 saturated carbocycles. The minimum atomic E-state index is -0.901. The van der Waals surface area contributed by atoms with Crippen molar-refractivity contribution in [1.29, 1.82) is 0 Å². The maximum Gasteiger partial charge on any atom is 0.307 e. The van der Waals surface area contributed by atoms with Crippen LogP contribution in [0.15, 0.2) is 24.3 Å². The summed E-state index contributed by atoms with van der Waals surface area (Å²) in [4.78, 5) is 22.3. The second kappa shape index (κ2) is 7.64. The van der Waals surface area contributed by atoms with E-state index >= 15 is 0 Å². The van der Waals surface area contributed by atoms with Gasteiger partial charge in [-0.3, -0.25) is 9.59 Å². The summed E-state index contributed by atoms with van der Waals surface area (Å²) in [5.74, 6) is -0.628.